The first-order valence-corrected chi connectivity index (χ1v) is 5.88. The summed E-state index contributed by atoms with van der Waals surface area (Å²) in [6.07, 6.45) is 9.88. The molecule has 1 aliphatic rings. The van der Waals surface area contributed by atoms with Crippen LogP contribution in [-0.4, -0.2) is 5.78 Å². The van der Waals surface area contributed by atoms with Crippen molar-refractivity contribution >= 4 is 5.78 Å². The maximum absolute atomic E-state index is 11.7. The molecule has 84 valence electrons. The molecule has 1 fully saturated rings. The summed E-state index contributed by atoms with van der Waals surface area (Å²) in [5.41, 5.74) is 0.217. The minimum absolute atomic E-state index is 0.217. The van der Waals surface area contributed by atoms with Gasteiger partial charge in [0.15, 0.2) is 0 Å². The van der Waals surface area contributed by atoms with Crippen LogP contribution in [0.2, 0.25) is 0 Å². The molecule has 0 heterocycles. The van der Waals surface area contributed by atoms with Gasteiger partial charge >= 0.3 is 0 Å². The standard InChI is InChI=1S/C14H22O/c1-4-6-7-10-14(3)11-9-13(15)12(14)8-5-2/h4-5,12H,1-2,6-11H2,3H3. The summed E-state index contributed by atoms with van der Waals surface area (Å²) in [7, 11) is 0. The van der Waals surface area contributed by atoms with Gasteiger partial charge in [-0.2, -0.15) is 0 Å². The Morgan fingerprint density at radius 3 is 2.80 bits per heavy atom. The van der Waals surface area contributed by atoms with Gasteiger partial charge in [0.25, 0.3) is 0 Å². The summed E-state index contributed by atoms with van der Waals surface area (Å²) >= 11 is 0. The minimum Gasteiger partial charge on any atom is -0.299 e. The van der Waals surface area contributed by atoms with Crippen LogP contribution in [0.3, 0.4) is 0 Å². The maximum Gasteiger partial charge on any atom is 0.136 e. The van der Waals surface area contributed by atoms with Crippen molar-refractivity contribution in [3.8, 4) is 0 Å². The van der Waals surface area contributed by atoms with Gasteiger partial charge in [-0.25, -0.2) is 0 Å². The smallest absolute Gasteiger partial charge is 0.136 e. The Morgan fingerprint density at radius 1 is 1.47 bits per heavy atom. The molecule has 1 saturated carbocycles. The summed E-state index contributed by atoms with van der Waals surface area (Å²) in [5.74, 6) is 0.663. The predicted molar refractivity (Wildman–Crippen MR) is 64.7 cm³/mol. The van der Waals surface area contributed by atoms with Gasteiger partial charge in [0.1, 0.15) is 5.78 Å². The number of unbranched alkanes of at least 4 members (excludes halogenated alkanes) is 1. The molecule has 2 unspecified atom stereocenters. The fraction of sp³-hybridized carbons (Fsp3) is 0.643. The lowest BCUT2D eigenvalue weighted by Crippen LogP contribution is -2.25. The molecule has 0 spiro atoms. The van der Waals surface area contributed by atoms with Gasteiger partial charge in [-0.15, -0.1) is 13.2 Å². The van der Waals surface area contributed by atoms with E-state index in [1.54, 1.807) is 0 Å². The summed E-state index contributed by atoms with van der Waals surface area (Å²) in [5, 5.41) is 0. The molecule has 1 rings (SSSR count). The quantitative estimate of drug-likeness (QED) is 0.476. The van der Waals surface area contributed by atoms with Gasteiger partial charge in [-0.05, 0) is 37.5 Å². The first-order valence-electron chi connectivity index (χ1n) is 5.88. The summed E-state index contributed by atoms with van der Waals surface area (Å²) in [6.45, 7) is 9.75. The van der Waals surface area contributed by atoms with Gasteiger partial charge in [-0.3, -0.25) is 4.79 Å². The third kappa shape index (κ3) is 2.80. The maximum atomic E-state index is 11.7. The first-order chi connectivity index (χ1) is 7.14. The second kappa shape index (κ2) is 5.29. The van der Waals surface area contributed by atoms with Crippen LogP contribution in [0, 0.1) is 11.3 Å². The molecule has 0 radical (unpaired) electrons. The molecular formula is C14H22O. The average Bonchev–Trinajstić information content (AvgIpc) is 2.48. The van der Waals surface area contributed by atoms with Gasteiger partial charge in [0.05, 0.1) is 0 Å². The van der Waals surface area contributed by atoms with Crippen molar-refractivity contribution in [2.45, 2.75) is 45.4 Å². The highest BCUT2D eigenvalue weighted by atomic mass is 16.1. The molecule has 0 aliphatic heterocycles. The Morgan fingerprint density at radius 2 is 2.20 bits per heavy atom. The van der Waals surface area contributed by atoms with Crippen LogP contribution < -0.4 is 0 Å². The number of hydrogen-bond donors (Lipinski definition) is 0. The fourth-order valence-corrected chi connectivity index (χ4v) is 2.68. The summed E-state index contributed by atoms with van der Waals surface area (Å²) in [4.78, 5) is 11.7. The molecule has 15 heavy (non-hydrogen) atoms. The van der Waals surface area contributed by atoms with E-state index >= 15 is 0 Å². The zero-order chi connectivity index (χ0) is 11.3. The second-order valence-electron chi connectivity index (χ2n) is 4.88. The lowest BCUT2D eigenvalue weighted by atomic mass is 9.74. The van der Waals surface area contributed by atoms with Crippen LogP contribution in [0.4, 0.5) is 0 Å². The highest BCUT2D eigenvalue weighted by Gasteiger charge is 2.42. The largest absolute Gasteiger partial charge is 0.299 e. The zero-order valence-electron chi connectivity index (χ0n) is 9.80. The Kier molecular flexibility index (Phi) is 4.31. The number of Topliss-reactive ketones (excluding diaryl/α,β-unsaturated/α-hetero) is 1. The SMILES string of the molecule is C=CCCCC1(C)CCC(=O)C1CC=C. The molecule has 0 N–H and O–H groups in total. The molecule has 0 bridgehead atoms. The molecule has 0 saturated heterocycles. The van der Waals surface area contributed by atoms with E-state index < -0.39 is 0 Å². The fourth-order valence-electron chi connectivity index (χ4n) is 2.68. The van der Waals surface area contributed by atoms with Crippen LogP contribution in [0.5, 0.6) is 0 Å². The topological polar surface area (TPSA) is 17.1 Å². The number of allylic oxidation sites excluding steroid dienone is 2. The van der Waals surface area contributed by atoms with Crippen LogP contribution in [0.25, 0.3) is 0 Å². The van der Waals surface area contributed by atoms with Crippen molar-refractivity contribution in [1.29, 1.82) is 0 Å². The second-order valence-corrected chi connectivity index (χ2v) is 4.88. The Bertz CT molecular complexity index is 254. The van der Waals surface area contributed by atoms with E-state index in [0.717, 1.165) is 38.5 Å². The summed E-state index contributed by atoms with van der Waals surface area (Å²) in [6, 6.07) is 0. The van der Waals surface area contributed by atoms with E-state index in [0.29, 0.717) is 5.78 Å². The molecule has 2 atom stereocenters. The van der Waals surface area contributed by atoms with Crippen molar-refractivity contribution in [3.63, 3.8) is 0 Å². The minimum atomic E-state index is 0.217. The van der Waals surface area contributed by atoms with E-state index in [1.807, 2.05) is 12.2 Å². The lowest BCUT2D eigenvalue weighted by Gasteiger charge is -2.29. The van der Waals surface area contributed by atoms with Gasteiger partial charge in [-0.1, -0.05) is 19.1 Å². The molecular weight excluding hydrogens is 184 g/mol. The average molecular weight is 206 g/mol. The summed E-state index contributed by atoms with van der Waals surface area (Å²) < 4.78 is 0. The van der Waals surface area contributed by atoms with Crippen molar-refractivity contribution < 1.29 is 4.79 Å². The molecule has 0 amide bonds. The molecule has 1 aliphatic carbocycles. The first kappa shape index (κ1) is 12.2. The third-order valence-electron chi connectivity index (χ3n) is 3.73. The van der Waals surface area contributed by atoms with Crippen molar-refractivity contribution in [2.75, 3.05) is 0 Å². The van der Waals surface area contributed by atoms with Gasteiger partial charge in [0, 0.05) is 12.3 Å². The Balaban J connectivity index is 2.59. The molecule has 0 aromatic carbocycles. The molecule has 0 aromatic heterocycles. The highest BCUT2D eigenvalue weighted by molar-refractivity contribution is 5.84. The number of carbonyl (C=O) groups excluding carboxylic acids is 1. The van der Waals surface area contributed by atoms with E-state index in [2.05, 4.69) is 20.1 Å². The predicted octanol–water partition coefficient (Wildman–Crippen LogP) is 3.90. The Hall–Kier alpha value is -0.850. The van der Waals surface area contributed by atoms with Crippen molar-refractivity contribution in [1.82, 2.24) is 0 Å². The van der Waals surface area contributed by atoms with Crippen molar-refractivity contribution in [2.24, 2.45) is 11.3 Å². The number of hydrogen-bond acceptors (Lipinski definition) is 1. The van der Waals surface area contributed by atoms with Gasteiger partial charge < -0.3 is 0 Å². The van der Waals surface area contributed by atoms with E-state index in [9.17, 15) is 4.79 Å². The van der Waals surface area contributed by atoms with Crippen LogP contribution in [0.1, 0.15) is 45.4 Å². The lowest BCUT2D eigenvalue weighted by molar-refractivity contribution is -0.122. The van der Waals surface area contributed by atoms with E-state index in [-0.39, 0.29) is 11.3 Å². The molecule has 1 nitrogen and oxygen atoms in total. The number of rotatable bonds is 6. The third-order valence-corrected chi connectivity index (χ3v) is 3.73. The van der Waals surface area contributed by atoms with E-state index in [4.69, 9.17) is 0 Å². The molecule has 1 heteroatoms. The highest BCUT2D eigenvalue weighted by Crippen LogP contribution is 2.46. The number of ketones is 1. The normalized spacial score (nSPS) is 30.5. The van der Waals surface area contributed by atoms with Crippen LogP contribution in [0.15, 0.2) is 25.3 Å². The van der Waals surface area contributed by atoms with Crippen LogP contribution in [-0.2, 0) is 4.79 Å². The Labute approximate surface area is 93.3 Å². The monoisotopic (exact) mass is 206 g/mol. The zero-order valence-corrected chi connectivity index (χ0v) is 9.80. The van der Waals surface area contributed by atoms with Crippen LogP contribution >= 0.6 is 0 Å². The van der Waals surface area contributed by atoms with Gasteiger partial charge in [0.2, 0.25) is 0 Å². The van der Waals surface area contributed by atoms with Crippen molar-refractivity contribution in [3.05, 3.63) is 25.3 Å². The number of carbonyl (C=O) groups is 1. The molecule has 0 aromatic rings. The van der Waals surface area contributed by atoms with E-state index in [1.165, 1.54) is 0 Å².